The van der Waals surface area contributed by atoms with Gasteiger partial charge in [-0.05, 0) is 17.7 Å². The molecule has 0 bridgehead atoms. The lowest BCUT2D eigenvalue weighted by Crippen LogP contribution is -2.04. The van der Waals surface area contributed by atoms with Gasteiger partial charge >= 0.3 is 0 Å². The Morgan fingerprint density at radius 2 is 2.05 bits per heavy atom. The van der Waals surface area contributed by atoms with Crippen molar-refractivity contribution in [2.75, 3.05) is 32.2 Å². The molecule has 0 saturated carbocycles. The molecule has 6 heteroatoms. The number of methoxy groups -OCH3 is 1. The largest absolute Gasteiger partial charge is 0.491 e. The van der Waals surface area contributed by atoms with Gasteiger partial charge in [-0.15, -0.1) is 0 Å². The first-order valence-corrected chi connectivity index (χ1v) is 6.89. The first-order chi connectivity index (χ1) is 10.3. The van der Waals surface area contributed by atoms with Gasteiger partial charge < -0.3 is 19.9 Å². The van der Waals surface area contributed by atoms with Crippen LogP contribution in [0.1, 0.15) is 5.56 Å². The first-order valence-electron chi connectivity index (χ1n) is 6.89. The summed E-state index contributed by atoms with van der Waals surface area (Å²) in [6.45, 7) is 2.45. The van der Waals surface area contributed by atoms with Gasteiger partial charge in [-0.3, -0.25) is 4.68 Å². The van der Waals surface area contributed by atoms with E-state index in [9.17, 15) is 0 Å². The molecule has 0 atom stereocenters. The van der Waals surface area contributed by atoms with Gasteiger partial charge in [-0.25, -0.2) is 0 Å². The van der Waals surface area contributed by atoms with Crippen LogP contribution in [0.3, 0.4) is 0 Å². The first kappa shape index (κ1) is 15.3. The zero-order valence-corrected chi connectivity index (χ0v) is 12.2. The summed E-state index contributed by atoms with van der Waals surface area (Å²) in [6, 6.07) is 7.93. The summed E-state index contributed by atoms with van der Waals surface area (Å²) in [5.41, 5.74) is 2.09. The Bertz CT molecular complexity index is 525. The monoisotopic (exact) mass is 291 g/mol. The molecule has 0 amide bonds. The number of aliphatic hydroxyl groups excluding tert-OH is 1. The summed E-state index contributed by atoms with van der Waals surface area (Å²) >= 11 is 0. The highest BCUT2D eigenvalue weighted by atomic mass is 16.5. The number of aromatic nitrogens is 2. The second-order valence-corrected chi connectivity index (χ2v) is 4.55. The van der Waals surface area contributed by atoms with E-state index in [-0.39, 0.29) is 6.61 Å². The molecule has 21 heavy (non-hydrogen) atoms. The maximum Gasteiger partial charge on any atom is 0.119 e. The Balaban J connectivity index is 1.79. The highest BCUT2D eigenvalue weighted by molar-refractivity contribution is 5.39. The Morgan fingerprint density at radius 3 is 2.76 bits per heavy atom. The molecule has 0 aliphatic carbocycles. The van der Waals surface area contributed by atoms with Crippen LogP contribution in [-0.2, 0) is 17.8 Å². The Morgan fingerprint density at radius 1 is 1.24 bits per heavy atom. The minimum atomic E-state index is 0.0889. The van der Waals surface area contributed by atoms with E-state index in [2.05, 4.69) is 10.4 Å². The molecule has 6 nitrogen and oxygen atoms in total. The van der Waals surface area contributed by atoms with Gasteiger partial charge in [0.1, 0.15) is 12.4 Å². The van der Waals surface area contributed by atoms with Crippen LogP contribution in [0.15, 0.2) is 36.7 Å². The summed E-state index contributed by atoms with van der Waals surface area (Å²) in [5, 5.41) is 16.3. The van der Waals surface area contributed by atoms with Crippen molar-refractivity contribution in [3.05, 3.63) is 42.2 Å². The maximum absolute atomic E-state index is 8.84. The van der Waals surface area contributed by atoms with Crippen LogP contribution < -0.4 is 10.1 Å². The molecule has 2 rings (SSSR count). The number of ether oxygens (including phenoxy) is 2. The van der Waals surface area contributed by atoms with E-state index < -0.39 is 0 Å². The summed E-state index contributed by atoms with van der Waals surface area (Å²) < 4.78 is 12.2. The second kappa shape index (κ2) is 8.28. The third kappa shape index (κ3) is 5.09. The van der Waals surface area contributed by atoms with Gasteiger partial charge in [0.05, 0.1) is 31.6 Å². The smallest absolute Gasteiger partial charge is 0.119 e. The lowest BCUT2D eigenvalue weighted by atomic mass is 10.2. The second-order valence-electron chi connectivity index (χ2n) is 4.55. The van der Waals surface area contributed by atoms with E-state index in [1.54, 1.807) is 18.0 Å². The third-order valence-corrected chi connectivity index (χ3v) is 2.94. The van der Waals surface area contributed by atoms with E-state index in [0.717, 1.165) is 17.0 Å². The van der Waals surface area contributed by atoms with Crippen LogP contribution in [0.2, 0.25) is 0 Å². The summed E-state index contributed by atoms with van der Waals surface area (Å²) in [7, 11) is 1.65. The maximum atomic E-state index is 8.84. The van der Waals surface area contributed by atoms with Crippen LogP contribution in [0.4, 0.5) is 5.69 Å². The van der Waals surface area contributed by atoms with Crippen LogP contribution in [0.5, 0.6) is 5.75 Å². The molecular formula is C15H21N3O3. The van der Waals surface area contributed by atoms with Crippen molar-refractivity contribution in [3.8, 4) is 5.75 Å². The normalized spacial score (nSPS) is 10.6. The Hall–Kier alpha value is -2.05. The average Bonchev–Trinajstić information content (AvgIpc) is 2.95. The highest BCUT2D eigenvalue weighted by Crippen LogP contribution is 2.14. The number of hydrogen-bond acceptors (Lipinski definition) is 5. The average molecular weight is 291 g/mol. The molecular weight excluding hydrogens is 270 g/mol. The zero-order chi connectivity index (χ0) is 14.9. The van der Waals surface area contributed by atoms with Crippen molar-refractivity contribution in [1.82, 2.24) is 9.78 Å². The molecule has 0 radical (unpaired) electrons. The fourth-order valence-corrected chi connectivity index (χ4v) is 1.83. The molecule has 0 unspecified atom stereocenters. The standard InChI is InChI=1S/C15H21N3O3/c1-20-8-9-21-15-4-2-13(3-5-15)10-16-14-11-17-18(12-14)6-7-19/h2-5,11-12,16,19H,6-10H2,1H3. The zero-order valence-electron chi connectivity index (χ0n) is 12.2. The molecule has 1 aromatic carbocycles. The van der Waals surface area contributed by atoms with Crippen molar-refractivity contribution in [2.45, 2.75) is 13.1 Å². The van der Waals surface area contributed by atoms with Crippen molar-refractivity contribution in [2.24, 2.45) is 0 Å². The minimum absolute atomic E-state index is 0.0889. The Kier molecular flexibility index (Phi) is 6.05. The summed E-state index contributed by atoms with van der Waals surface area (Å²) in [5.74, 6) is 0.839. The van der Waals surface area contributed by atoms with Gasteiger partial charge in [0.2, 0.25) is 0 Å². The molecule has 0 aliphatic rings. The topological polar surface area (TPSA) is 68.5 Å². The molecule has 1 heterocycles. The van der Waals surface area contributed by atoms with E-state index in [1.165, 1.54) is 0 Å². The fraction of sp³-hybridized carbons (Fsp3) is 0.400. The van der Waals surface area contributed by atoms with Gasteiger partial charge in [0.15, 0.2) is 0 Å². The third-order valence-electron chi connectivity index (χ3n) is 2.94. The highest BCUT2D eigenvalue weighted by Gasteiger charge is 1.99. The number of hydrogen-bond donors (Lipinski definition) is 2. The van der Waals surface area contributed by atoms with Gasteiger partial charge in [0, 0.05) is 19.9 Å². The number of aliphatic hydroxyl groups is 1. The fourth-order valence-electron chi connectivity index (χ4n) is 1.83. The number of nitrogens with zero attached hydrogens (tertiary/aromatic N) is 2. The van der Waals surface area contributed by atoms with Crippen LogP contribution in [0.25, 0.3) is 0 Å². The lowest BCUT2D eigenvalue weighted by Gasteiger charge is -2.07. The molecule has 2 aromatic rings. The van der Waals surface area contributed by atoms with Crippen LogP contribution in [-0.4, -0.2) is 41.8 Å². The molecule has 0 spiro atoms. The SMILES string of the molecule is COCCOc1ccc(CNc2cnn(CCO)c2)cc1. The number of anilines is 1. The molecule has 0 aliphatic heterocycles. The number of benzene rings is 1. The van der Waals surface area contributed by atoms with E-state index >= 15 is 0 Å². The van der Waals surface area contributed by atoms with Gasteiger partial charge in [0.25, 0.3) is 0 Å². The van der Waals surface area contributed by atoms with Crippen molar-refractivity contribution in [1.29, 1.82) is 0 Å². The Labute approximate surface area is 124 Å². The van der Waals surface area contributed by atoms with Crippen molar-refractivity contribution < 1.29 is 14.6 Å². The quantitative estimate of drug-likeness (QED) is 0.686. The van der Waals surface area contributed by atoms with E-state index in [1.807, 2.05) is 30.5 Å². The molecule has 1 aromatic heterocycles. The molecule has 0 fully saturated rings. The van der Waals surface area contributed by atoms with Gasteiger partial charge in [-0.2, -0.15) is 5.10 Å². The molecule has 0 saturated heterocycles. The van der Waals surface area contributed by atoms with E-state index in [0.29, 0.717) is 26.3 Å². The predicted molar refractivity (Wildman–Crippen MR) is 80.5 cm³/mol. The predicted octanol–water partition coefficient (Wildman–Crippen LogP) is 1.51. The number of rotatable bonds is 9. The minimum Gasteiger partial charge on any atom is -0.491 e. The van der Waals surface area contributed by atoms with Crippen molar-refractivity contribution >= 4 is 5.69 Å². The van der Waals surface area contributed by atoms with E-state index in [4.69, 9.17) is 14.6 Å². The van der Waals surface area contributed by atoms with Gasteiger partial charge in [-0.1, -0.05) is 12.1 Å². The lowest BCUT2D eigenvalue weighted by molar-refractivity contribution is 0.146. The van der Waals surface area contributed by atoms with Crippen LogP contribution in [0, 0.1) is 0 Å². The molecule has 2 N–H and O–H groups in total. The summed E-state index contributed by atoms with van der Waals surface area (Å²) in [4.78, 5) is 0. The van der Waals surface area contributed by atoms with Crippen LogP contribution >= 0.6 is 0 Å². The number of nitrogens with one attached hydrogen (secondary N) is 1. The summed E-state index contributed by atoms with van der Waals surface area (Å²) in [6.07, 6.45) is 3.62. The molecule has 114 valence electrons. The van der Waals surface area contributed by atoms with Crippen molar-refractivity contribution in [3.63, 3.8) is 0 Å².